The molecule has 0 bridgehead atoms. The molecule has 0 spiro atoms. The van der Waals surface area contributed by atoms with Gasteiger partial charge >= 0.3 is 7.82 Å². The summed E-state index contributed by atoms with van der Waals surface area (Å²) in [4.78, 5) is 26.0. The van der Waals surface area contributed by atoms with Crippen molar-refractivity contribution in [3.8, 4) is 5.75 Å². The molecule has 0 aliphatic carbocycles. The van der Waals surface area contributed by atoms with Crippen LogP contribution in [0.1, 0.15) is 19.1 Å². The lowest BCUT2D eigenvalue weighted by Gasteiger charge is -2.17. The lowest BCUT2D eigenvalue weighted by Crippen LogP contribution is -2.17. The Labute approximate surface area is 153 Å². The van der Waals surface area contributed by atoms with Crippen molar-refractivity contribution in [2.24, 2.45) is 0 Å². The second-order valence-electron chi connectivity index (χ2n) is 5.92. The van der Waals surface area contributed by atoms with Gasteiger partial charge in [0.15, 0.2) is 11.5 Å². The molecule has 12 heteroatoms. The number of aromatic nitrogens is 5. The maximum atomic E-state index is 12.0. The predicted molar refractivity (Wildman–Crippen MR) is 93.5 cm³/mol. The Hall–Kier alpha value is -2.59. The van der Waals surface area contributed by atoms with E-state index in [9.17, 15) is 9.46 Å². The smallest absolute Gasteiger partial charge is 0.402 e. The van der Waals surface area contributed by atoms with E-state index in [1.165, 1.54) is 24.8 Å². The molecule has 27 heavy (non-hydrogen) atoms. The van der Waals surface area contributed by atoms with Crippen molar-refractivity contribution in [3.05, 3.63) is 37.2 Å². The lowest BCUT2D eigenvalue weighted by molar-refractivity contribution is -0.0200. The summed E-state index contributed by atoms with van der Waals surface area (Å²) in [6.45, 7) is -0.0890. The molecule has 3 atom stereocenters. The topological polar surface area (TPSA) is 148 Å². The first-order valence-electron chi connectivity index (χ1n) is 8.17. The van der Waals surface area contributed by atoms with Gasteiger partial charge < -0.3 is 15.0 Å². The van der Waals surface area contributed by atoms with Gasteiger partial charge in [-0.05, 0) is 25.0 Å². The van der Waals surface area contributed by atoms with E-state index in [4.69, 9.17) is 19.5 Å². The minimum absolute atomic E-state index is 0.0890. The Morgan fingerprint density at radius 3 is 3.07 bits per heavy atom. The van der Waals surface area contributed by atoms with Crippen LogP contribution in [0.15, 0.2) is 37.2 Å². The Kier molecular flexibility index (Phi) is 4.75. The highest BCUT2D eigenvalue weighted by Gasteiger charge is 2.32. The fourth-order valence-electron chi connectivity index (χ4n) is 2.83. The minimum atomic E-state index is -4.27. The largest absolute Gasteiger partial charge is 0.527 e. The molecule has 1 unspecified atom stereocenters. The molecule has 4 rings (SSSR count). The van der Waals surface area contributed by atoms with E-state index in [-0.39, 0.29) is 24.7 Å². The van der Waals surface area contributed by atoms with E-state index in [0.717, 1.165) is 0 Å². The van der Waals surface area contributed by atoms with Gasteiger partial charge in [-0.25, -0.2) is 19.5 Å². The normalized spacial score (nSPS) is 22.0. The average Bonchev–Trinajstić information content (AvgIpc) is 3.28. The fraction of sp³-hybridized carbons (Fsp3) is 0.333. The van der Waals surface area contributed by atoms with Gasteiger partial charge in [-0.15, -0.1) is 0 Å². The molecular formula is C15H17N6O5P. The van der Waals surface area contributed by atoms with Crippen molar-refractivity contribution in [1.82, 2.24) is 24.5 Å². The summed E-state index contributed by atoms with van der Waals surface area (Å²) < 4.78 is 29.7. The number of nitrogens with zero attached hydrogens (tertiary/aromatic N) is 5. The van der Waals surface area contributed by atoms with Crippen molar-refractivity contribution >= 4 is 24.8 Å². The number of anilines is 1. The predicted octanol–water partition coefficient (Wildman–Crippen LogP) is 1.68. The molecule has 0 aromatic carbocycles. The second-order valence-corrected chi connectivity index (χ2v) is 7.30. The Morgan fingerprint density at radius 1 is 1.37 bits per heavy atom. The summed E-state index contributed by atoms with van der Waals surface area (Å²) in [6, 6.07) is 3.10. The lowest BCUT2D eigenvalue weighted by atomic mass is 10.2. The van der Waals surface area contributed by atoms with Gasteiger partial charge in [0.2, 0.25) is 0 Å². The molecule has 1 fully saturated rings. The van der Waals surface area contributed by atoms with Crippen LogP contribution in [0, 0.1) is 0 Å². The maximum absolute atomic E-state index is 12.0. The third kappa shape index (κ3) is 3.91. The van der Waals surface area contributed by atoms with Gasteiger partial charge in [0.25, 0.3) is 0 Å². The van der Waals surface area contributed by atoms with Crippen LogP contribution >= 0.6 is 7.82 Å². The van der Waals surface area contributed by atoms with Crippen molar-refractivity contribution in [3.63, 3.8) is 0 Å². The van der Waals surface area contributed by atoms with Crippen LogP contribution in [-0.2, 0) is 13.8 Å². The molecular weight excluding hydrogens is 375 g/mol. The van der Waals surface area contributed by atoms with Gasteiger partial charge in [-0.1, -0.05) is 0 Å². The zero-order valence-electron chi connectivity index (χ0n) is 14.1. The molecule has 1 aliphatic rings. The van der Waals surface area contributed by atoms with Gasteiger partial charge in [0, 0.05) is 6.20 Å². The monoisotopic (exact) mass is 392 g/mol. The molecule has 3 aromatic heterocycles. The first-order chi connectivity index (χ1) is 13.0. The number of nitrogen functional groups attached to an aromatic ring is 1. The third-order valence-corrected chi connectivity index (χ3v) is 4.98. The number of ether oxygens (including phenoxy) is 1. The highest BCUT2D eigenvalue weighted by atomic mass is 31.2. The summed E-state index contributed by atoms with van der Waals surface area (Å²) in [6.07, 6.45) is 6.42. The van der Waals surface area contributed by atoms with E-state index < -0.39 is 7.82 Å². The minimum Gasteiger partial charge on any atom is -0.402 e. The van der Waals surface area contributed by atoms with Gasteiger partial charge in [-0.2, -0.15) is 0 Å². The summed E-state index contributed by atoms with van der Waals surface area (Å²) in [5.41, 5.74) is 6.87. The zero-order chi connectivity index (χ0) is 18.9. The number of imidazole rings is 1. The SMILES string of the molecule is Nc1ncnc2c1ncn2[C@H]1CC[C@@H](COP(=O)(O)Oc2cccnc2)O1. The van der Waals surface area contributed by atoms with Crippen LogP contribution in [0.2, 0.25) is 0 Å². The summed E-state index contributed by atoms with van der Waals surface area (Å²) >= 11 is 0. The van der Waals surface area contributed by atoms with E-state index in [0.29, 0.717) is 29.8 Å². The number of pyridine rings is 1. The molecule has 1 saturated heterocycles. The quantitative estimate of drug-likeness (QED) is 0.594. The molecule has 142 valence electrons. The van der Waals surface area contributed by atoms with E-state index in [2.05, 4.69) is 19.9 Å². The zero-order valence-corrected chi connectivity index (χ0v) is 15.0. The van der Waals surface area contributed by atoms with E-state index >= 15 is 0 Å². The summed E-state index contributed by atoms with van der Waals surface area (Å²) in [5.74, 6) is 0.445. The first kappa shape index (κ1) is 17.8. The number of hydrogen-bond donors (Lipinski definition) is 2. The van der Waals surface area contributed by atoms with E-state index in [1.807, 2.05) is 0 Å². The highest BCUT2D eigenvalue weighted by Crippen LogP contribution is 2.44. The van der Waals surface area contributed by atoms with Crippen LogP contribution in [0.4, 0.5) is 5.82 Å². The van der Waals surface area contributed by atoms with Crippen LogP contribution in [0.25, 0.3) is 11.2 Å². The number of phosphoric ester groups is 1. The van der Waals surface area contributed by atoms with Crippen LogP contribution in [0.3, 0.4) is 0 Å². The first-order valence-corrected chi connectivity index (χ1v) is 9.67. The maximum Gasteiger partial charge on any atom is 0.527 e. The molecule has 1 aliphatic heterocycles. The van der Waals surface area contributed by atoms with Crippen LogP contribution in [-0.4, -0.2) is 42.1 Å². The number of nitrogens with two attached hydrogens (primary N) is 1. The molecule has 4 heterocycles. The summed E-state index contributed by atoms with van der Waals surface area (Å²) in [5, 5.41) is 0. The summed E-state index contributed by atoms with van der Waals surface area (Å²) in [7, 11) is -4.27. The fourth-order valence-corrected chi connectivity index (χ4v) is 3.61. The van der Waals surface area contributed by atoms with Crippen molar-refractivity contribution in [1.29, 1.82) is 0 Å². The molecule has 0 saturated carbocycles. The average molecular weight is 392 g/mol. The second kappa shape index (κ2) is 7.20. The molecule has 0 radical (unpaired) electrons. The molecule has 0 amide bonds. The van der Waals surface area contributed by atoms with Crippen molar-refractivity contribution in [2.45, 2.75) is 25.2 Å². The number of phosphoric acid groups is 1. The van der Waals surface area contributed by atoms with Gasteiger partial charge in [-0.3, -0.25) is 19.0 Å². The Bertz CT molecular complexity index is 983. The number of fused-ring (bicyclic) bond motifs is 1. The Morgan fingerprint density at radius 2 is 2.26 bits per heavy atom. The Balaban J connectivity index is 1.37. The molecule has 11 nitrogen and oxygen atoms in total. The van der Waals surface area contributed by atoms with Crippen molar-refractivity contribution < 1.29 is 23.2 Å². The van der Waals surface area contributed by atoms with Crippen LogP contribution in [0.5, 0.6) is 5.75 Å². The van der Waals surface area contributed by atoms with Crippen molar-refractivity contribution in [2.75, 3.05) is 12.3 Å². The van der Waals surface area contributed by atoms with Gasteiger partial charge in [0.05, 0.1) is 25.2 Å². The number of rotatable bonds is 6. The standard InChI is InChI=1S/C15H17N6O5P/c16-14-13-15(19-8-18-14)21(9-20-13)12-4-3-11(25-12)7-24-27(22,23)26-10-2-1-5-17-6-10/h1-2,5-6,8-9,11-12H,3-4,7H2,(H,22,23)(H2,16,18,19)/t11-,12+/m0/s1. The highest BCUT2D eigenvalue weighted by molar-refractivity contribution is 7.47. The van der Waals surface area contributed by atoms with Crippen LogP contribution < -0.4 is 10.3 Å². The van der Waals surface area contributed by atoms with E-state index in [1.54, 1.807) is 17.0 Å². The number of hydrogen-bond acceptors (Lipinski definition) is 9. The molecule has 3 aromatic rings. The molecule has 3 N–H and O–H groups in total. The van der Waals surface area contributed by atoms with Gasteiger partial charge in [0.1, 0.15) is 23.8 Å². The third-order valence-electron chi connectivity index (χ3n) is 4.06.